The fourth-order valence-corrected chi connectivity index (χ4v) is 3.07. The van der Waals surface area contributed by atoms with Gasteiger partial charge in [-0.25, -0.2) is 0 Å². The maximum absolute atomic E-state index is 11.5. The quantitative estimate of drug-likeness (QED) is 0.415. The minimum absolute atomic E-state index is 0.380. The summed E-state index contributed by atoms with van der Waals surface area (Å²) in [6.45, 7) is 7.16. The van der Waals surface area contributed by atoms with Crippen molar-refractivity contribution in [1.82, 2.24) is 0 Å². The number of hydrogen-bond acceptors (Lipinski definition) is 3. The van der Waals surface area contributed by atoms with Gasteiger partial charge in [0, 0.05) is 0 Å². The van der Waals surface area contributed by atoms with E-state index in [0.29, 0.717) is 30.4 Å². The third-order valence-electron chi connectivity index (χ3n) is 4.44. The number of fused-ring (bicyclic) bond motifs is 1. The molecule has 0 fully saturated rings. The summed E-state index contributed by atoms with van der Waals surface area (Å²) in [6.07, 6.45) is 0.857. The van der Waals surface area contributed by atoms with Crippen LogP contribution in [0.5, 0.6) is 11.5 Å². The first-order valence-electron chi connectivity index (χ1n) is 8.93. The molecule has 26 heavy (non-hydrogen) atoms. The van der Waals surface area contributed by atoms with E-state index in [1.54, 1.807) is 0 Å². The van der Waals surface area contributed by atoms with Crippen molar-refractivity contribution in [2.24, 2.45) is 0 Å². The van der Waals surface area contributed by atoms with Gasteiger partial charge in [0.05, 0.1) is 5.56 Å². The number of aldehydes is 1. The van der Waals surface area contributed by atoms with E-state index < -0.39 is 0 Å². The van der Waals surface area contributed by atoms with Crippen molar-refractivity contribution >= 4 is 17.1 Å². The summed E-state index contributed by atoms with van der Waals surface area (Å²) >= 11 is 0. The zero-order valence-electron chi connectivity index (χ0n) is 15.5. The van der Waals surface area contributed by atoms with E-state index in [9.17, 15) is 4.79 Å². The van der Waals surface area contributed by atoms with Crippen LogP contribution in [0.4, 0.5) is 0 Å². The summed E-state index contributed by atoms with van der Waals surface area (Å²) in [5, 5.41) is 1.93. The van der Waals surface area contributed by atoms with Gasteiger partial charge in [0.1, 0.15) is 24.7 Å². The van der Waals surface area contributed by atoms with Gasteiger partial charge >= 0.3 is 0 Å². The van der Waals surface area contributed by atoms with Gasteiger partial charge in [0.15, 0.2) is 6.29 Å². The van der Waals surface area contributed by atoms with E-state index in [2.05, 4.69) is 39.0 Å². The van der Waals surface area contributed by atoms with Crippen LogP contribution in [-0.4, -0.2) is 19.5 Å². The number of rotatable bonds is 7. The maximum atomic E-state index is 11.5. The van der Waals surface area contributed by atoms with E-state index in [0.717, 1.165) is 22.8 Å². The zero-order valence-corrected chi connectivity index (χ0v) is 15.5. The lowest BCUT2D eigenvalue weighted by molar-refractivity contribution is 0.111. The minimum Gasteiger partial charge on any atom is -0.490 e. The van der Waals surface area contributed by atoms with Gasteiger partial charge in [0.2, 0.25) is 0 Å². The highest BCUT2D eigenvalue weighted by Crippen LogP contribution is 2.28. The van der Waals surface area contributed by atoms with E-state index in [4.69, 9.17) is 9.47 Å². The molecule has 0 radical (unpaired) electrons. The van der Waals surface area contributed by atoms with Gasteiger partial charge in [-0.05, 0) is 46.9 Å². The lowest BCUT2D eigenvalue weighted by Gasteiger charge is -2.16. The summed E-state index contributed by atoms with van der Waals surface area (Å²) in [5.41, 5.74) is 2.94. The molecule has 134 valence electrons. The molecule has 0 saturated heterocycles. The molecule has 0 heterocycles. The molecule has 3 aromatic carbocycles. The molecule has 0 N–H and O–H groups in total. The third-order valence-corrected chi connectivity index (χ3v) is 4.44. The Labute approximate surface area is 154 Å². The molecule has 0 atom stereocenters. The highest BCUT2D eigenvalue weighted by atomic mass is 16.5. The topological polar surface area (TPSA) is 35.5 Å². The van der Waals surface area contributed by atoms with E-state index in [1.165, 1.54) is 11.1 Å². The van der Waals surface area contributed by atoms with Crippen LogP contribution in [0.25, 0.3) is 10.8 Å². The van der Waals surface area contributed by atoms with Crippen LogP contribution in [0.1, 0.15) is 41.3 Å². The number of ether oxygens (including phenoxy) is 2. The van der Waals surface area contributed by atoms with Gasteiger partial charge in [-0.3, -0.25) is 4.79 Å². The van der Waals surface area contributed by atoms with Crippen LogP contribution in [0.15, 0.2) is 54.6 Å². The van der Waals surface area contributed by atoms with Crippen molar-refractivity contribution in [3.63, 3.8) is 0 Å². The smallest absolute Gasteiger partial charge is 0.154 e. The minimum atomic E-state index is 0.380. The predicted octanol–water partition coefficient (Wildman–Crippen LogP) is 5.54. The van der Waals surface area contributed by atoms with Crippen LogP contribution in [0.3, 0.4) is 0 Å². The Morgan fingerprint density at radius 3 is 2.38 bits per heavy atom. The molecule has 0 aliphatic heterocycles. The Balaban J connectivity index is 1.69. The normalized spacial score (nSPS) is 10.9. The first-order chi connectivity index (χ1) is 12.6. The maximum Gasteiger partial charge on any atom is 0.154 e. The molecule has 0 spiro atoms. The highest BCUT2D eigenvalue weighted by Gasteiger charge is 2.10. The van der Waals surface area contributed by atoms with Crippen molar-refractivity contribution in [2.75, 3.05) is 13.2 Å². The third kappa shape index (κ3) is 3.88. The number of aryl methyl sites for hydroxylation is 1. The lowest BCUT2D eigenvalue weighted by atomic mass is 10.0. The number of hydrogen-bond donors (Lipinski definition) is 0. The van der Waals surface area contributed by atoms with Gasteiger partial charge < -0.3 is 9.47 Å². The van der Waals surface area contributed by atoms with E-state index in [-0.39, 0.29) is 0 Å². The van der Waals surface area contributed by atoms with Crippen LogP contribution in [0, 0.1) is 6.92 Å². The number of benzene rings is 3. The Hall–Kier alpha value is -2.81. The Kier molecular flexibility index (Phi) is 5.57. The van der Waals surface area contributed by atoms with Crippen molar-refractivity contribution < 1.29 is 14.3 Å². The molecular weight excluding hydrogens is 324 g/mol. The van der Waals surface area contributed by atoms with Crippen LogP contribution < -0.4 is 9.47 Å². The first-order valence-corrected chi connectivity index (χ1v) is 8.93. The van der Waals surface area contributed by atoms with Crippen molar-refractivity contribution in [2.45, 2.75) is 26.7 Å². The molecule has 3 rings (SSSR count). The molecule has 0 unspecified atom stereocenters. The largest absolute Gasteiger partial charge is 0.490 e. The van der Waals surface area contributed by atoms with Gasteiger partial charge in [0.25, 0.3) is 0 Å². The molecule has 0 amide bonds. The highest BCUT2D eigenvalue weighted by molar-refractivity contribution is 6.00. The molecule has 0 aromatic heterocycles. The van der Waals surface area contributed by atoms with Crippen LogP contribution >= 0.6 is 0 Å². The predicted molar refractivity (Wildman–Crippen MR) is 106 cm³/mol. The van der Waals surface area contributed by atoms with Gasteiger partial charge in [-0.15, -0.1) is 0 Å². The fraction of sp³-hybridized carbons (Fsp3) is 0.261. The molecule has 3 aromatic rings. The van der Waals surface area contributed by atoms with Crippen molar-refractivity contribution in [3.05, 3.63) is 71.3 Å². The average molecular weight is 348 g/mol. The second-order valence-electron chi connectivity index (χ2n) is 6.71. The van der Waals surface area contributed by atoms with E-state index in [1.807, 2.05) is 36.4 Å². The van der Waals surface area contributed by atoms with Crippen LogP contribution in [-0.2, 0) is 0 Å². The second kappa shape index (κ2) is 8.05. The van der Waals surface area contributed by atoms with Gasteiger partial charge in [-0.2, -0.15) is 0 Å². The standard InChI is InChI=1S/C23H24O3/c1-16(2)19-10-8-17(3)14-23(19)26-13-12-25-22-11-9-18-6-4-5-7-20(18)21(22)15-24/h4-11,14-16H,12-13H2,1-3H3. The molecule has 0 bridgehead atoms. The first kappa shape index (κ1) is 18.0. The molecule has 3 heteroatoms. The summed E-state index contributed by atoms with van der Waals surface area (Å²) < 4.78 is 11.8. The Morgan fingerprint density at radius 2 is 1.65 bits per heavy atom. The summed E-state index contributed by atoms with van der Waals surface area (Å²) in [6, 6.07) is 17.9. The summed E-state index contributed by atoms with van der Waals surface area (Å²) in [5.74, 6) is 1.89. The molecule has 0 saturated carbocycles. The second-order valence-corrected chi connectivity index (χ2v) is 6.71. The molecule has 0 aliphatic rings. The average Bonchev–Trinajstić information content (AvgIpc) is 2.64. The lowest BCUT2D eigenvalue weighted by Crippen LogP contribution is -2.11. The van der Waals surface area contributed by atoms with Crippen molar-refractivity contribution in [1.29, 1.82) is 0 Å². The molecule has 3 nitrogen and oxygen atoms in total. The van der Waals surface area contributed by atoms with Gasteiger partial charge in [-0.1, -0.05) is 56.3 Å². The molecular formula is C23H24O3. The Bertz CT molecular complexity index is 912. The van der Waals surface area contributed by atoms with Crippen molar-refractivity contribution in [3.8, 4) is 11.5 Å². The summed E-state index contributed by atoms with van der Waals surface area (Å²) in [4.78, 5) is 11.5. The summed E-state index contributed by atoms with van der Waals surface area (Å²) in [7, 11) is 0. The zero-order chi connectivity index (χ0) is 18.5. The molecule has 0 aliphatic carbocycles. The monoisotopic (exact) mass is 348 g/mol. The number of carbonyl (C=O) groups is 1. The Morgan fingerprint density at radius 1 is 0.923 bits per heavy atom. The number of carbonyl (C=O) groups excluding carboxylic acids is 1. The van der Waals surface area contributed by atoms with E-state index >= 15 is 0 Å². The fourth-order valence-electron chi connectivity index (χ4n) is 3.07. The SMILES string of the molecule is Cc1ccc(C(C)C)c(OCCOc2ccc3ccccc3c2C=O)c1. The van der Waals surface area contributed by atoms with Crippen LogP contribution in [0.2, 0.25) is 0 Å².